The summed E-state index contributed by atoms with van der Waals surface area (Å²) in [7, 11) is 0. The highest BCUT2D eigenvalue weighted by Gasteiger charge is 2.56. The largest absolute Gasteiger partial charge is 0.395 e. The molecular weight excluding hydrogens is 402 g/mol. The maximum Gasteiger partial charge on any atom is 0.255 e. The molecule has 0 unspecified atom stereocenters. The van der Waals surface area contributed by atoms with Crippen molar-refractivity contribution >= 4 is 34.3 Å². The van der Waals surface area contributed by atoms with Gasteiger partial charge in [0.2, 0.25) is 5.91 Å². The van der Waals surface area contributed by atoms with Crippen molar-refractivity contribution in [1.29, 1.82) is 0 Å². The Balaban J connectivity index is 1.78. The Labute approximate surface area is 179 Å². The van der Waals surface area contributed by atoms with Gasteiger partial charge in [-0.3, -0.25) is 9.59 Å². The van der Waals surface area contributed by atoms with Crippen LogP contribution >= 0.6 is 11.6 Å². The van der Waals surface area contributed by atoms with E-state index in [9.17, 15) is 14.7 Å². The van der Waals surface area contributed by atoms with Gasteiger partial charge >= 0.3 is 0 Å². The molecule has 1 saturated heterocycles. The maximum absolute atomic E-state index is 13.5. The smallest absolute Gasteiger partial charge is 0.255 e. The Hall–Kier alpha value is -2.83. The predicted molar refractivity (Wildman–Crippen MR) is 114 cm³/mol. The summed E-state index contributed by atoms with van der Waals surface area (Å²) in [5, 5.41) is 11.1. The number of aliphatic hydroxyl groups is 1. The maximum atomic E-state index is 13.5. The van der Waals surface area contributed by atoms with Crippen LogP contribution in [0.4, 0.5) is 0 Å². The van der Waals surface area contributed by atoms with Crippen LogP contribution in [0.25, 0.3) is 10.9 Å². The van der Waals surface area contributed by atoms with E-state index < -0.39 is 5.54 Å². The van der Waals surface area contributed by atoms with E-state index in [1.807, 2.05) is 48.5 Å². The van der Waals surface area contributed by atoms with E-state index in [1.54, 1.807) is 11.8 Å². The summed E-state index contributed by atoms with van der Waals surface area (Å²) in [5.41, 5.74) is 2.43. The number of amides is 2. The molecule has 3 aromatic rings. The summed E-state index contributed by atoms with van der Waals surface area (Å²) in [5.74, 6) is -0.465. The van der Waals surface area contributed by atoms with Crippen molar-refractivity contribution < 1.29 is 14.7 Å². The Kier molecular flexibility index (Phi) is 4.38. The summed E-state index contributed by atoms with van der Waals surface area (Å²) in [6.07, 6.45) is 0. The highest BCUT2D eigenvalue weighted by atomic mass is 35.5. The first-order valence-electron chi connectivity index (χ1n) is 10.0. The molecule has 1 fully saturated rings. The van der Waals surface area contributed by atoms with Gasteiger partial charge < -0.3 is 19.9 Å². The fourth-order valence-corrected chi connectivity index (χ4v) is 5.28. The van der Waals surface area contributed by atoms with Crippen LogP contribution in [0.5, 0.6) is 0 Å². The number of fused-ring (bicyclic) bond motifs is 5. The third-order valence-electron chi connectivity index (χ3n) is 6.47. The second-order valence-electron chi connectivity index (χ2n) is 8.06. The Morgan fingerprint density at radius 1 is 1.17 bits per heavy atom. The number of halogens is 1. The molecule has 5 rings (SSSR count). The zero-order valence-corrected chi connectivity index (χ0v) is 17.3. The molecule has 2 aliphatic rings. The minimum absolute atomic E-state index is 0.0280. The lowest BCUT2D eigenvalue weighted by Crippen LogP contribution is -2.67. The number of rotatable bonds is 3. The molecule has 0 radical (unpaired) electrons. The second-order valence-corrected chi connectivity index (χ2v) is 8.47. The van der Waals surface area contributed by atoms with Gasteiger partial charge in [0.25, 0.3) is 5.91 Å². The number of piperazine rings is 1. The molecule has 2 aromatic carbocycles. The van der Waals surface area contributed by atoms with E-state index in [4.69, 9.17) is 11.6 Å². The number of hydrogen-bond donors (Lipinski definition) is 2. The van der Waals surface area contributed by atoms with Gasteiger partial charge in [-0.15, -0.1) is 0 Å². The molecule has 0 saturated carbocycles. The fourth-order valence-electron chi connectivity index (χ4n) is 5.02. The molecule has 3 heterocycles. The molecular formula is C23H22ClN3O3. The van der Waals surface area contributed by atoms with Crippen LogP contribution in [0.2, 0.25) is 5.02 Å². The summed E-state index contributed by atoms with van der Waals surface area (Å²) in [6, 6.07) is 15.6. The third kappa shape index (κ3) is 2.53. The lowest BCUT2D eigenvalue weighted by atomic mass is 9.76. The van der Waals surface area contributed by atoms with Gasteiger partial charge in [0.15, 0.2) is 5.54 Å². The van der Waals surface area contributed by atoms with E-state index in [2.05, 4.69) is 4.98 Å². The predicted octanol–water partition coefficient (Wildman–Crippen LogP) is 2.85. The van der Waals surface area contributed by atoms with Crippen LogP contribution < -0.4 is 0 Å². The molecule has 154 valence electrons. The summed E-state index contributed by atoms with van der Waals surface area (Å²) in [6.45, 7) is 2.09. The minimum atomic E-state index is -1.16. The molecule has 2 amide bonds. The summed E-state index contributed by atoms with van der Waals surface area (Å²) < 4.78 is 0. The quantitative estimate of drug-likeness (QED) is 0.680. The fraction of sp³-hybridized carbons (Fsp3) is 0.304. The van der Waals surface area contributed by atoms with Gasteiger partial charge in [-0.05, 0) is 30.2 Å². The zero-order valence-electron chi connectivity index (χ0n) is 16.6. The number of aromatic nitrogens is 1. The normalized spacial score (nSPS) is 23.6. The van der Waals surface area contributed by atoms with Gasteiger partial charge in [-0.25, -0.2) is 0 Å². The molecule has 30 heavy (non-hydrogen) atoms. The number of benzene rings is 2. The van der Waals surface area contributed by atoms with Crippen LogP contribution in [0, 0.1) is 0 Å². The van der Waals surface area contributed by atoms with Crippen LogP contribution in [0.1, 0.15) is 29.7 Å². The van der Waals surface area contributed by atoms with Gasteiger partial charge in [0.1, 0.15) is 0 Å². The zero-order chi connectivity index (χ0) is 21.0. The Morgan fingerprint density at radius 3 is 2.67 bits per heavy atom. The molecule has 2 atom stereocenters. The molecule has 2 aliphatic heterocycles. The van der Waals surface area contributed by atoms with Gasteiger partial charge in [0, 0.05) is 34.9 Å². The van der Waals surface area contributed by atoms with Crippen molar-refractivity contribution in [3.8, 4) is 0 Å². The number of para-hydroxylation sites is 1. The number of nitrogens with zero attached hydrogens (tertiary/aromatic N) is 2. The number of carbonyl (C=O) groups excluding carboxylic acids is 2. The van der Waals surface area contributed by atoms with Gasteiger partial charge in [0.05, 0.1) is 18.8 Å². The standard InChI is InChI=1S/C23H22ClN3O3/c1-23-21-20(15-7-3-5-9-18(15)25-21)16(14-6-2-4-8-17(14)24)12-27(23)19(29)13-26(10-11-28)22(23)30/h2-9,16,25,28H,10-13H2,1H3/t16-,23-/m0/s1. The average molecular weight is 424 g/mol. The lowest BCUT2D eigenvalue weighted by molar-refractivity contribution is -0.166. The Morgan fingerprint density at radius 2 is 1.90 bits per heavy atom. The van der Waals surface area contributed by atoms with Gasteiger partial charge in [-0.2, -0.15) is 0 Å². The number of aliphatic hydroxyl groups excluding tert-OH is 1. The first-order valence-corrected chi connectivity index (χ1v) is 10.4. The number of aromatic amines is 1. The minimum Gasteiger partial charge on any atom is -0.395 e. The highest BCUT2D eigenvalue weighted by molar-refractivity contribution is 6.31. The average Bonchev–Trinajstić information content (AvgIpc) is 3.14. The number of H-pyrrole nitrogens is 1. The number of nitrogens with one attached hydrogen (secondary N) is 1. The van der Waals surface area contributed by atoms with E-state index in [1.165, 1.54) is 4.90 Å². The van der Waals surface area contributed by atoms with Crippen LogP contribution in [-0.2, 0) is 15.1 Å². The summed E-state index contributed by atoms with van der Waals surface area (Å²) in [4.78, 5) is 33.3. The van der Waals surface area contributed by atoms with E-state index in [0.29, 0.717) is 11.6 Å². The monoisotopic (exact) mass is 423 g/mol. The highest BCUT2D eigenvalue weighted by Crippen LogP contribution is 2.48. The van der Waals surface area contributed by atoms with E-state index >= 15 is 0 Å². The van der Waals surface area contributed by atoms with Crippen LogP contribution in [-0.4, -0.2) is 57.9 Å². The van der Waals surface area contributed by atoms with Crippen LogP contribution in [0.3, 0.4) is 0 Å². The van der Waals surface area contributed by atoms with Crippen molar-refractivity contribution in [3.05, 3.63) is 70.4 Å². The van der Waals surface area contributed by atoms with Gasteiger partial charge in [-0.1, -0.05) is 48.0 Å². The van der Waals surface area contributed by atoms with Crippen molar-refractivity contribution in [2.45, 2.75) is 18.4 Å². The Bertz CT molecular complexity index is 1170. The van der Waals surface area contributed by atoms with Crippen molar-refractivity contribution in [2.75, 3.05) is 26.2 Å². The second kappa shape index (κ2) is 6.86. The molecule has 2 N–H and O–H groups in total. The molecule has 7 heteroatoms. The number of hydrogen-bond acceptors (Lipinski definition) is 3. The number of carbonyl (C=O) groups is 2. The van der Waals surface area contributed by atoms with E-state index in [0.717, 1.165) is 27.7 Å². The lowest BCUT2D eigenvalue weighted by Gasteiger charge is -2.51. The molecule has 1 aromatic heterocycles. The van der Waals surface area contributed by atoms with Crippen LogP contribution in [0.15, 0.2) is 48.5 Å². The van der Waals surface area contributed by atoms with Crippen molar-refractivity contribution in [3.63, 3.8) is 0 Å². The van der Waals surface area contributed by atoms with Crippen molar-refractivity contribution in [1.82, 2.24) is 14.8 Å². The first kappa shape index (κ1) is 19.2. The molecule has 0 aliphatic carbocycles. The third-order valence-corrected chi connectivity index (χ3v) is 6.81. The first-order chi connectivity index (χ1) is 14.5. The summed E-state index contributed by atoms with van der Waals surface area (Å²) >= 11 is 6.56. The van der Waals surface area contributed by atoms with E-state index in [-0.39, 0.29) is 37.4 Å². The SMILES string of the molecule is C[C@]12C(=O)N(CCO)CC(=O)N1C[C@@H](c1ccccc1Cl)c1c2[nH]c2ccccc12. The van der Waals surface area contributed by atoms with Crippen molar-refractivity contribution in [2.24, 2.45) is 0 Å². The molecule has 6 nitrogen and oxygen atoms in total. The molecule has 0 spiro atoms. The molecule has 0 bridgehead atoms. The topological polar surface area (TPSA) is 76.6 Å². The number of β-amino-alcohol motifs (C(OH)–C–C–N with tert-alkyl or cyclic N) is 1.